The third kappa shape index (κ3) is 2.40. The van der Waals surface area contributed by atoms with Gasteiger partial charge in [0.05, 0.1) is 11.3 Å². The molecule has 2 aromatic heterocycles. The van der Waals surface area contributed by atoms with Crippen molar-refractivity contribution >= 4 is 5.82 Å². The van der Waals surface area contributed by atoms with E-state index < -0.39 is 11.6 Å². The molecule has 0 unspecified atom stereocenters. The van der Waals surface area contributed by atoms with E-state index >= 15 is 0 Å². The van der Waals surface area contributed by atoms with E-state index in [0.717, 1.165) is 18.2 Å². The predicted molar refractivity (Wildman–Crippen MR) is 72.3 cm³/mol. The molecule has 0 fully saturated rings. The van der Waals surface area contributed by atoms with Gasteiger partial charge in [-0.2, -0.15) is 0 Å². The van der Waals surface area contributed by atoms with Crippen LogP contribution in [0.3, 0.4) is 0 Å². The number of nitrogens with two attached hydrogens (primary N) is 1. The normalized spacial score (nSPS) is 10.8. The third-order valence-electron chi connectivity index (χ3n) is 2.88. The number of aromatic nitrogens is 2. The third-order valence-corrected chi connectivity index (χ3v) is 2.88. The molecule has 0 aliphatic carbocycles. The number of halogens is 2. The molecule has 3 N–H and O–H groups in total. The Morgan fingerprint density at radius 3 is 2.52 bits per heavy atom. The van der Waals surface area contributed by atoms with Crippen LogP contribution < -0.4 is 11.3 Å². The Morgan fingerprint density at radius 2 is 1.86 bits per heavy atom. The van der Waals surface area contributed by atoms with Crippen molar-refractivity contribution in [3.05, 3.63) is 58.4 Å². The van der Waals surface area contributed by atoms with E-state index in [1.165, 1.54) is 12.1 Å². The lowest BCUT2D eigenvalue weighted by molar-refractivity contribution is 0.434. The zero-order chi connectivity index (χ0) is 15.0. The van der Waals surface area contributed by atoms with Gasteiger partial charge in [-0.15, -0.1) is 0 Å². The molecule has 3 aromatic rings. The number of nitrogens with one attached hydrogen (secondary N) is 1. The molecule has 21 heavy (non-hydrogen) atoms. The average Bonchev–Trinajstić information content (AvgIpc) is 2.79. The first-order chi connectivity index (χ1) is 10.0. The number of nitrogen functional groups attached to an aromatic ring is 1. The van der Waals surface area contributed by atoms with Crippen LogP contribution in [0.15, 0.2) is 45.7 Å². The predicted octanol–water partition coefficient (Wildman–Crippen LogP) is 2.56. The summed E-state index contributed by atoms with van der Waals surface area (Å²) in [6, 6.07) is 7.37. The first kappa shape index (κ1) is 13.0. The summed E-state index contributed by atoms with van der Waals surface area (Å²) >= 11 is 0. The molecule has 0 spiro atoms. The van der Waals surface area contributed by atoms with Crippen LogP contribution in [0.25, 0.3) is 22.6 Å². The Kier molecular flexibility index (Phi) is 3.02. The number of benzene rings is 1. The molecule has 0 saturated heterocycles. The molecule has 0 radical (unpaired) electrons. The number of rotatable bonds is 2. The molecule has 5 nitrogen and oxygen atoms in total. The molecule has 0 bridgehead atoms. The second-order valence-corrected chi connectivity index (χ2v) is 4.36. The fourth-order valence-corrected chi connectivity index (χ4v) is 2.04. The smallest absolute Gasteiger partial charge is 0.248 e. The highest BCUT2D eigenvalue weighted by Gasteiger charge is 2.19. The Hall–Kier alpha value is -2.96. The van der Waals surface area contributed by atoms with E-state index in [1.54, 1.807) is 6.07 Å². The first-order valence-electron chi connectivity index (χ1n) is 5.96. The van der Waals surface area contributed by atoms with Gasteiger partial charge in [-0.1, -0.05) is 11.2 Å². The minimum atomic E-state index is -0.752. The molecule has 1 aromatic carbocycles. The molecule has 0 saturated carbocycles. The van der Waals surface area contributed by atoms with Crippen LogP contribution in [0.2, 0.25) is 0 Å². The molecular weight excluding hydrogens is 280 g/mol. The summed E-state index contributed by atoms with van der Waals surface area (Å²) in [6.45, 7) is 0. The van der Waals surface area contributed by atoms with Gasteiger partial charge in [0.25, 0.3) is 0 Å². The Morgan fingerprint density at radius 1 is 1.14 bits per heavy atom. The van der Waals surface area contributed by atoms with E-state index in [-0.39, 0.29) is 28.3 Å². The Balaban J connectivity index is 2.24. The number of aromatic amines is 1. The molecule has 0 amide bonds. The summed E-state index contributed by atoms with van der Waals surface area (Å²) in [5.74, 6) is -1.40. The van der Waals surface area contributed by atoms with Crippen LogP contribution >= 0.6 is 0 Å². The van der Waals surface area contributed by atoms with Crippen LogP contribution in [-0.4, -0.2) is 10.1 Å². The number of anilines is 1. The number of pyridine rings is 1. The topological polar surface area (TPSA) is 84.9 Å². The maximum Gasteiger partial charge on any atom is 0.248 e. The van der Waals surface area contributed by atoms with Crippen LogP contribution in [0.1, 0.15) is 0 Å². The van der Waals surface area contributed by atoms with Gasteiger partial charge < -0.3 is 15.2 Å². The first-order valence-corrected chi connectivity index (χ1v) is 5.96. The van der Waals surface area contributed by atoms with E-state index in [4.69, 9.17) is 10.3 Å². The summed E-state index contributed by atoms with van der Waals surface area (Å²) in [5.41, 5.74) is 6.06. The number of nitrogens with zero attached hydrogens (tertiary/aromatic N) is 1. The van der Waals surface area contributed by atoms with Crippen molar-refractivity contribution in [1.29, 1.82) is 0 Å². The van der Waals surface area contributed by atoms with Gasteiger partial charge in [-0.05, 0) is 23.8 Å². The number of hydrogen-bond donors (Lipinski definition) is 2. The van der Waals surface area contributed by atoms with Crippen molar-refractivity contribution in [3.63, 3.8) is 0 Å². The summed E-state index contributed by atoms with van der Waals surface area (Å²) in [7, 11) is 0. The van der Waals surface area contributed by atoms with Gasteiger partial charge in [0, 0.05) is 12.1 Å². The Bertz CT molecular complexity index is 850. The molecule has 106 valence electrons. The molecule has 0 atom stereocenters. The van der Waals surface area contributed by atoms with Gasteiger partial charge in [-0.3, -0.25) is 4.79 Å². The van der Waals surface area contributed by atoms with Crippen LogP contribution in [-0.2, 0) is 0 Å². The van der Waals surface area contributed by atoms with Crippen molar-refractivity contribution < 1.29 is 13.3 Å². The van der Waals surface area contributed by atoms with Gasteiger partial charge in [0.1, 0.15) is 11.6 Å². The standard InChI is InChI=1S/C14H9F2N3O2/c15-8-4-7(5-9(16)6-8)12-13(21-19-14(12)17)10-2-1-3-11(20)18-10/h1-6H,(H2,17,19)(H,18,20). The Labute approximate surface area is 117 Å². The van der Waals surface area contributed by atoms with Crippen LogP contribution in [0, 0.1) is 11.6 Å². The zero-order valence-corrected chi connectivity index (χ0v) is 10.6. The molecule has 2 heterocycles. The molecule has 0 aliphatic rings. The SMILES string of the molecule is Nc1noc(-c2cccc(=O)[nH]2)c1-c1cc(F)cc(F)c1. The fourth-order valence-electron chi connectivity index (χ4n) is 2.04. The van der Waals surface area contributed by atoms with Gasteiger partial charge in [-0.25, -0.2) is 8.78 Å². The fraction of sp³-hybridized carbons (Fsp3) is 0. The number of hydrogen-bond acceptors (Lipinski definition) is 4. The van der Waals surface area contributed by atoms with E-state index in [9.17, 15) is 13.6 Å². The van der Waals surface area contributed by atoms with Crippen molar-refractivity contribution in [2.45, 2.75) is 0 Å². The zero-order valence-electron chi connectivity index (χ0n) is 10.6. The molecule has 3 rings (SSSR count). The lowest BCUT2D eigenvalue weighted by atomic mass is 10.0. The highest BCUT2D eigenvalue weighted by molar-refractivity contribution is 5.85. The van der Waals surface area contributed by atoms with Gasteiger partial charge >= 0.3 is 0 Å². The summed E-state index contributed by atoms with van der Waals surface area (Å²) in [4.78, 5) is 13.9. The van der Waals surface area contributed by atoms with Crippen molar-refractivity contribution in [1.82, 2.24) is 10.1 Å². The van der Waals surface area contributed by atoms with Crippen molar-refractivity contribution in [2.24, 2.45) is 0 Å². The lowest BCUT2D eigenvalue weighted by Gasteiger charge is -2.03. The van der Waals surface area contributed by atoms with Crippen LogP contribution in [0.5, 0.6) is 0 Å². The molecule has 0 aliphatic heterocycles. The molecular formula is C14H9F2N3O2. The van der Waals surface area contributed by atoms with Crippen molar-refractivity contribution in [3.8, 4) is 22.6 Å². The molecule has 7 heteroatoms. The average molecular weight is 289 g/mol. The van der Waals surface area contributed by atoms with Crippen molar-refractivity contribution in [2.75, 3.05) is 5.73 Å². The summed E-state index contributed by atoms with van der Waals surface area (Å²) < 4.78 is 31.8. The van der Waals surface area contributed by atoms with E-state index in [0.29, 0.717) is 5.69 Å². The largest absolute Gasteiger partial charge is 0.380 e. The van der Waals surface area contributed by atoms with Gasteiger partial charge in [0.2, 0.25) is 5.56 Å². The van der Waals surface area contributed by atoms with E-state index in [2.05, 4.69) is 10.1 Å². The highest BCUT2D eigenvalue weighted by Crippen LogP contribution is 2.35. The van der Waals surface area contributed by atoms with E-state index in [1.807, 2.05) is 0 Å². The summed E-state index contributed by atoms with van der Waals surface area (Å²) in [6.07, 6.45) is 0. The summed E-state index contributed by atoms with van der Waals surface area (Å²) in [5, 5.41) is 3.59. The number of H-pyrrole nitrogens is 1. The highest BCUT2D eigenvalue weighted by atomic mass is 19.1. The minimum Gasteiger partial charge on any atom is -0.380 e. The minimum absolute atomic E-state index is 0.0281. The van der Waals surface area contributed by atoms with Gasteiger partial charge in [0.15, 0.2) is 11.6 Å². The monoisotopic (exact) mass is 289 g/mol. The van der Waals surface area contributed by atoms with Crippen LogP contribution in [0.4, 0.5) is 14.6 Å². The quantitative estimate of drug-likeness (QED) is 0.759. The lowest BCUT2D eigenvalue weighted by Crippen LogP contribution is -2.03. The second kappa shape index (κ2) is 4.86. The second-order valence-electron chi connectivity index (χ2n) is 4.36. The maximum atomic E-state index is 13.4. The maximum absolute atomic E-state index is 13.4.